The van der Waals surface area contributed by atoms with Crippen LogP contribution in [0.3, 0.4) is 0 Å². The first-order chi connectivity index (χ1) is 9.02. The molecule has 2 aromatic rings. The van der Waals surface area contributed by atoms with E-state index >= 15 is 0 Å². The Morgan fingerprint density at radius 1 is 1.21 bits per heavy atom. The molecule has 0 spiro atoms. The van der Waals surface area contributed by atoms with Gasteiger partial charge in [-0.15, -0.1) is 0 Å². The molecule has 2 rings (SSSR count). The second-order valence-electron chi connectivity index (χ2n) is 4.27. The van der Waals surface area contributed by atoms with Gasteiger partial charge in [0, 0.05) is 15.7 Å². The fraction of sp³-hybridized carbons (Fsp3) is 0.133. The Bertz CT molecular complexity index is 638. The third-order valence-corrected chi connectivity index (χ3v) is 3.58. The first-order valence-electron chi connectivity index (χ1n) is 5.77. The van der Waals surface area contributed by atoms with Crippen molar-refractivity contribution in [3.8, 4) is 5.75 Å². The average molecular weight is 320 g/mol. The number of ether oxygens (including phenoxy) is 1. The maximum absolute atomic E-state index is 12.5. The lowest BCUT2D eigenvalue weighted by Gasteiger charge is -2.09. The molecule has 3 nitrogen and oxygen atoms in total. The number of halogens is 1. The van der Waals surface area contributed by atoms with Crippen molar-refractivity contribution < 1.29 is 9.53 Å². The quantitative estimate of drug-likeness (QED) is 0.695. The predicted molar refractivity (Wildman–Crippen MR) is 79.7 cm³/mol. The summed E-state index contributed by atoms with van der Waals surface area (Å²) in [6, 6.07) is 10.7. The van der Waals surface area contributed by atoms with Gasteiger partial charge in [-0.2, -0.15) is 0 Å². The summed E-state index contributed by atoms with van der Waals surface area (Å²) in [5.74, 6) is 0.469. The molecular formula is C15H14BrNO2. The zero-order chi connectivity index (χ0) is 14.0. The monoisotopic (exact) mass is 319 g/mol. The largest absolute Gasteiger partial charge is 0.496 e. The predicted octanol–water partition coefficient (Wildman–Crippen LogP) is 3.58. The lowest BCUT2D eigenvalue weighted by atomic mass is 10.0. The van der Waals surface area contributed by atoms with Crippen molar-refractivity contribution >= 4 is 27.4 Å². The summed E-state index contributed by atoms with van der Waals surface area (Å²) in [7, 11) is 1.55. The molecule has 0 unspecified atom stereocenters. The van der Waals surface area contributed by atoms with E-state index in [0.29, 0.717) is 22.6 Å². The Balaban J connectivity index is 2.49. The summed E-state index contributed by atoms with van der Waals surface area (Å²) in [4.78, 5) is 12.5. The molecule has 0 bridgehead atoms. The van der Waals surface area contributed by atoms with Crippen LogP contribution in [0.4, 0.5) is 5.69 Å². The molecule has 98 valence electrons. The van der Waals surface area contributed by atoms with Crippen LogP contribution in [0.25, 0.3) is 0 Å². The van der Waals surface area contributed by atoms with Gasteiger partial charge < -0.3 is 10.5 Å². The molecule has 0 amide bonds. The van der Waals surface area contributed by atoms with Crippen LogP contribution in [-0.2, 0) is 0 Å². The molecule has 0 aliphatic carbocycles. The van der Waals surface area contributed by atoms with Gasteiger partial charge in [0.2, 0.25) is 0 Å². The van der Waals surface area contributed by atoms with E-state index in [0.717, 1.165) is 10.0 Å². The van der Waals surface area contributed by atoms with Crippen LogP contribution in [0.5, 0.6) is 5.75 Å². The number of hydrogen-bond acceptors (Lipinski definition) is 3. The van der Waals surface area contributed by atoms with Gasteiger partial charge >= 0.3 is 0 Å². The van der Waals surface area contributed by atoms with Crippen LogP contribution in [0.15, 0.2) is 40.9 Å². The van der Waals surface area contributed by atoms with Gasteiger partial charge in [0.25, 0.3) is 0 Å². The SMILES string of the molecule is COc1ccc(C)cc1C(=O)c1ccc(Br)c(N)c1. The van der Waals surface area contributed by atoms with Crippen LogP contribution in [0.2, 0.25) is 0 Å². The van der Waals surface area contributed by atoms with E-state index in [9.17, 15) is 4.79 Å². The molecule has 0 radical (unpaired) electrons. The normalized spacial score (nSPS) is 10.3. The smallest absolute Gasteiger partial charge is 0.196 e. The highest BCUT2D eigenvalue weighted by atomic mass is 79.9. The molecule has 0 saturated heterocycles. The van der Waals surface area contributed by atoms with Gasteiger partial charge in [0.1, 0.15) is 5.75 Å². The number of carbonyl (C=O) groups is 1. The lowest BCUT2D eigenvalue weighted by molar-refractivity contribution is 0.103. The standard InChI is InChI=1S/C15H14BrNO2/c1-9-3-6-14(19-2)11(7-9)15(18)10-4-5-12(16)13(17)8-10/h3-8H,17H2,1-2H3. The van der Waals surface area contributed by atoms with Crippen LogP contribution >= 0.6 is 15.9 Å². The van der Waals surface area contributed by atoms with Gasteiger partial charge in [-0.25, -0.2) is 0 Å². The number of benzene rings is 2. The average Bonchev–Trinajstić information content (AvgIpc) is 2.41. The number of ketones is 1. The van der Waals surface area contributed by atoms with Gasteiger partial charge in [0.15, 0.2) is 5.78 Å². The summed E-state index contributed by atoms with van der Waals surface area (Å²) in [5, 5.41) is 0. The minimum absolute atomic E-state index is 0.0975. The Hall–Kier alpha value is -1.81. The topological polar surface area (TPSA) is 52.3 Å². The van der Waals surface area contributed by atoms with E-state index in [2.05, 4.69) is 15.9 Å². The zero-order valence-corrected chi connectivity index (χ0v) is 12.3. The van der Waals surface area contributed by atoms with E-state index in [1.165, 1.54) is 0 Å². The third kappa shape index (κ3) is 2.79. The van der Waals surface area contributed by atoms with Crippen molar-refractivity contribution in [2.24, 2.45) is 0 Å². The van der Waals surface area contributed by atoms with Crippen LogP contribution in [0, 0.1) is 6.92 Å². The first kappa shape index (κ1) is 13.6. The van der Waals surface area contributed by atoms with Crippen molar-refractivity contribution in [2.75, 3.05) is 12.8 Å². The highest BCUT2D eigenvalue weighted by molar-refractivity contribution is 9.10. The number of aryl methyl sites for hydroxylation is 1. The number of anilines is 1. The first-order valence-corrected chi connectivity index (χ1v) is 6.56. The van der Waals surface area contributed by atoms with E-state index in [4.69, 9.17) is 10.5 Å². The summed E-state index contributed by atoms with van der Waals surface area (Å²) < 4.78 is 6.01. The van der Waals surface area contributed by atoms with E-state index in [-0.39, 0.29) is 5.78 Å². The molecule has 2 aromatic carbocycles. The van der Waals surface area contributed by atoms with Crippen molar-refractivity contribution in [2.45, 2.75) is 6.92 Å². The Labute approximate surface area is 120 Å². The summed E-state index contributed by atoms with van der Waals surface area (Å²) in [6.45, 7) is 1.94. The molecule has 0 fully saturated rings. The summed E-state index contributed by atoms with van der Waals surface area (Å²) in [5.41, 5.74) is 8.45. The molecule has 0 aliphatic rings. The zero-order valence-electron chi connectivity index (χ0n) is 10.7. The van der Waals surface area contributed by atoms with E-state index in [1.807, 2.05) is 19.1 Å². The fourth-order valence-corrected chi connectivity index (χ4v) is 2.09. The molecule has 0 aromatic heterocycles. The minimum Gasteiger partial charge on any atom is -0.496 e. The van der Waals surface area contributed by atoms with Gasteiger partial charge in [-0.05, 0) is 53.2 Å². The summed E-state index contributed by atoms with van der Waals surface area (Å²) in [6.07, 6.45) is 0. The number of carbonyl (C=O) groups excluding carboxylic acids is 1. The van der Waals surface area contributed by atoms with Crippen LogP contribution < -0.4 is 10.5 Å². The van der Waals surface area contributed by atoms with Crippen LogP contribution in [-0.4, -0.2) is 12.9 Å². The Kier molecular flexibility index (Phi) is 3.90. The lowest BCUT2D eigenvalue weighted by Crippen LogP contribution is -2.05. The van der Waals surface area contributed by atoms with Crippen molar-refractivity contribution in [1.82, 2.24) is 0 Å². The second-order valence-corrected chi connectivity index (χ2v) is 5.12. The van der Waals surface area contributed by atoms with E-state index < -0.39 is 0 Å². The number of nitrogen functional groups attached to an aromatic ring is 1. The van der Waals surface area contributed by atoms with Crippen LogP contribution in [0.1, 0.15) is 21.5 Å². The van der Waals surface area contributed by atoms with Gasteiger partial charge in [0.05, 0.1) is 12.7 Å². The molecule has 19 heavy (non-hydrogen) atoms. The second kappa shape index (κ2) is 5.45. The minimum atomic E-state index is -0.0975. The van der Waals surface area contributed by atoms with Gasteiger partial charge in [-0.3, -0.25) is 4.79 Å². The Morgan fingerprint density at radius 3 is 2.58 bits per heavy atom. The molecule has 4 heteroatoms. The highest BCUT2D eigenvalue weighted by Gasteiger charge is 2.15. The van der Waals surface area contributed by atoms with E-state index in [1.54, 1.807) is 31.4 Å². The number of rotatable bonds is 3. The highest BCUT2D eigenvalue weighted by Crippen LogP contribution is 2.26. The number of nitrogens with two attached hydrogens (primary N) is 1. The molecule has 0 aliphatic heterocycles. The maximum Gasteiger partial charge on any atom is 0.196 e. The number of hydrogen-bond donors (Lipinski definition) is 1. The summed E-state index contributed by atoms with van der Waals surface area (Å²) >= 11 is 3.31. The van der Waals surface area contributed by atoms with Gasteiger partial charge in [-0.1, -0.05) is 11.6 Å². The van der Waals surface area contributed by atoms with Crippen molar-refractivity contribution in [3.05, 3.63) is 57.6 Å². The van der Waals surface area contributed by atoms with Crippen molar-refractivity contribution in [3.63, 3.8) is 0 Å². The molecular weight excluding hydrogens is 306 g/mol. The molecule has 0 heterocycles. The van der Waals surface area contributed by atoms with Crippen molar-refractivity contribution in [1.29, 1.82) is 0 Å². The Morgan fingerprint density at radius 2 is 1.95 bits per heavy atom. The maximum atomic E-state index is 12.5. The molecule has 0 atom stereocenters. The fourth-order valence-electron chi connectivity index (χ4n) is 1.84. The third-order valence-electron chi connectivity index (χ3n) is 2.86. The molecule has 0 saturated carbocycles. The number of methoxy groups -OCH3 is 1. The molecule has 2 N–H and O–H groups in total.